The molecule has 1 unspecified atom stereocenters. The maximum atomic E-state index is 12.3. The fourth-order valence-electron chi connectivity index (χ4n) is 2.85. The van der Waals surface area contributed by atoms with Crippen molar-refractivity contribution < 1.29 is 9.53 Å². The smallest absolute Gasteiger partial charge is 0.226 e. The van der Waals surface area contributed by atoms with E-state index in [0.29, 0.717) is 6.42 Å². The summed E-state index contributed by atoms with van der Waals surface area (Å²) in [5.41, 5.74) is 3.36. The first-order valence-corrected chi connectivity index (χ1v) is 7.51. The van der Waals surface area contributed by atoms with Crippen molar-refractivity contribution in [2.45, 2.75) is 18.9 Å². The van der Waals surface area contributed by atoms with E-state index in [4.69, 9.17) is 4.74 Å². The van der Waals surface area contributed by atoms with Crippen LogP contribution in [0.3, 0.4) is 0 Å². The molecule has 4 heteroatoms. The number of nitrogens with one attached hydrogen (secondary N) is 2. The van der Waals surface area contributed by atoms with Gasteiger partial charge < -0.3 is 15.4 Å². The van der Waals surface area contributed by atoms with Gasteiger partial charge in [-0.1, -0.05) is 24.3 Å². The number of carbonyl (C=O) groups is 1. The lowest BCUT2D eigenvalue weighted by molar-refractivity contribution is -0.116. The second kappa shape index (κ2) is 6.62. The zero-order valence-electron chi connectivity index (χ0n) is 12.6. The van der Waals surface area contributed by atoms with Gasteiger partial charge in [0.1, 0.15) is 5.75 Å². The second-order valence-corrected chi connectivity index (χ2v) is 5.44. The second-order valence-electron chi connectivity index (χ2n) is 5.44. The number of rotatable bonds is 4. The summed E-state index contributed by atoms with van der Waals surface area (Å²) < 4.78 is 5.11. The van der Waals surface area contributed by atoms with E-state index < -0.39 is 0 Å². The third-order valence-electron chi connectivity index (χ3n) is 3.98. The minimum Gasteiger partial charge on any atom is -0.497 e. The van der Waals surface area contributed by atoms with Crippen LogP contribution in [0.25, 0.3) is 0 Å². The third kappa shape index (κ3) is 3.28. The van der Waals surface area contributed by atoms with Gasteiger partial charge in [0.25, 0.3) is 0 Å². The van der Waals surface area contributed by atoms with Gasteiger partial charge in [0, 0.05) is 18.2 Å². The number of hydrogen-bond donors (Lipinski definition) is 2. The summed E-state index contributed by atoms with van der Waals surface area (Å²) in [6.45, 7) is 0.914. The summed E-state index contributed by atoms with van der Waals surface area (Å²) in [6, 6.07) is 15.8. The summed E-state index contributed by atoms with van der Waals surface area (Å²) in [7, 11) is 1.62. The number of ether oxygens (including phenoxy) is 1. The zero-order valence-corrected chi connectivity index (χ0v) is 12.6. The van der Waals surface area contributed by atoms with Crippen LogP contribution in [0, 0.1) is 0 Å². The van der Waals surface area contributed by atoms with Crippen LogP contribution in [-0.4, -0.2) is 19.6 Å². The SMILES string of the molecule is COc1ccc(NC(=O)CC2NCCc3ccccc32)cc1. The van der Waals surface area contributed by atoms with E-state index in [9.17, 15) is 4.79 Å². The molecule has 0 saturated carbocycles. The van der Waals surface area contributed by atoms with E-state index in [-0.39, 0.29) is 11.9 Å². The van der Waals surface area contributed by atoms with Crippen LogP contribution in [0.15, 0.2) is 48.5 Å². The molecule has 2 aromatic carbocycles. The van der Waals surface area contributed by atoms with Gasteiger partial charge in [0.15, 0.2) is 0 Å². The van der Waals surface area contributed by atoms with Crippen molar-refractivity contribution >= 4 is 11.6 Å². The monoisotopic (exact) mass is 296 g/mol. The molecule has 1 amide bonds. The van der Waals surface area contributed by atoms with Crippen molar-refractivity contribution in [3.63, 3.8) is 0 Å². The summed E-state index contributed by atoms with van der Waals surface area (Å²) >= 11 is 0. The molecule has 2 N–H and O–H groups in total. The Kier molecular flexibility index (Phi) is 4.39. The summed E-state index contributed by atoms with van der Waals surface area (Å²) in [5, 5.41) is 6.37. The van der Waals surface area contributed by atoms with Gasteiger partial charge in [-0.25, -0.2) is 0 Å². The first kappa shape index (κ1) is 14.6. The molecular weight excluding hydrogens is 276 g/mol. The lowest BCUT2D eigenvalue weighted by Crippen LogP contribution is -2.32. The standard InChI is InChI=1S/C18H20N2O2/c1-22-15-8-6-14(7-9-15)20-18(21)12-17-16-5-3-2-4-13(16)10-11-19-17/h2-9,17,19H,10-12H2,1H3,(H,20,21). The number of amides is 1. The zero-order chi connectivity index (χ0) is 15.4. The molecule has 1 atom stereocenters. The summed E-state index contributed by atoms with van der Waals surface area (Å²) in [4.78, 5) is 12.3. The topological polar surface area (TPSA) is 50.4 Å². The predicted octanol–water partition coefficient (Wildman–Crippen LogP) is 2.91. The maximum absolute atomic E-state index is 12.3. The number of carbonyl (C=O) groups excluding carboxylic acids is 1. The third-order valence-corrected chi connectivity index (χ3v) is 3.98. The minimum atomic E-state index is 0.0133. The Hall–Kier alpha value is -2.33. The van der Waals surface area contributed by atoms with Gasteiger partial charge in [-0.3, -0.25) is 4.79 Å². The molecule has 0 radical (unpaired) electrons. The van der Waals surface area contributed by atoms with Crippen molar-refractivity contribution in [1.29, 1.82) is 0 Å². The average Bonchev–Trinajstić information content (AvgIpc) is 2.56. The Labute approximate surface area is 130 Å². The van der Waals surface area contributed by atoms with Crippen LogP contribution in [0.2, 0.25) is 0 Å². The highest BCUT2D eigenvalue weighted by molar-refractivity contribution is 5.91. The van der Waals surface area contributed by atoms with Gasteiger partial charge >= 0.3 is 0 Å². The largest absolute Gasteiger partial charge is 0.497 e. The lowest BCUT2D eigenvalue weighted by Gasteiger charge is -2.26. The quantitative estimate of drug-likeness (QED) is 0.912. The molecule has 3 rings (SSSR count). The van der Waals surface area contributed by atoms with Crippen LogP contribution >= 0.6 is 0 Å². The molecule has 0 fully saturated rings. The van der Waals surface area contributed by atoms with Gasteiger partial charge in [-0.2, -0.15) is 0 Å². The lowest BCUT2D eigenvalue weighted by atomic mass is 9.92. The number of methoxy groups -OCH3 is 1. The van der Waals surface area contributed by atoms with Crippen LogP contribution in [0.5, 0.6) is 5.75 Å². The molecule has 0 aliphatic carbocycles. The molecule has 114 valence electrons. The van der Waals surface area contributed by atoms with Crippen molar-refractivity contribution in [3.8, 4) is 5.75 Å². The Morgan fingerprint density at radius 3 is 2.77 bits per heavy atom. The number of benzene rings is 2. The first-order chi connectivity index (χ1) is 10.8. The number of fused-ring (bicyclic) bond motifs is 1. The average molecular weight is 296 g/mol. The summed E-state index contributed by atoms with van der Waals surface area (Å²) in [5.74, 6) is 0.792. The molecule has 2 aromatic rings. The van der Waals surface area contributed by atoms with Crippen LogP contribution < -0.4 is 15.4 Å². The molecule has 1 heterocycles. The van der Waals surface area contributed by atoms with Crippen molar-refractivity contribution in [2.24, 2.45) is 0 Å². The molecule has 22 heavy (non-hydrogen) atoms. The van der Waals surface area contributed by atoms with E-state index >= 15 is 0 Å². The van der Waals surface area contributed by atoms with Crippen molar-refractivity contribution in [3.05, 3.63) is 59.7 Å². The van der Waals surface area contributed by atoms with Gasteiger partial charge in [-0.15, -0.1) is 0 Å². The first-order valence-electron chi connectivity index (χ1n) is 7.51. The van der Waals surface area contributed by atoms with Crippen molar-refractivity contribution in [2.75, 3.05) is 19.0 Å². The van der Waals surface area contributed by atoms with Gasteiger partial charge in [-0.05, 0) is 48.4 Å². The molecule has 0 bridgehead atoms. The summed E-state index contributed by atoms with van der Waals surface area (Å²) in [6.07, 6.45) is 1.45. The fourth-order valence-corrected chi connectivity index (χ4v) is 2.85. The molecule has 1 aliphatic heterocycles. The van der Waals surface area contributed by atoms with E-state index in [1.165, 1.54) is 11.1 Å². The van der Waals surface area contributed by atoms with Gasteiger partial charge in [0.05, 0.1) is 7.11 Å². The Balaban J connectivity index is 1.65. The molecule has 1 aliphatic rings. The van der Waals surface area contributed by atoms with E-state index in [0.717, 1.165) is 24.4 Å². The van der Waals surface area contributed by atoms with E-state index in [2.05, 4.69) is 28.8 Å². The predicted molar refractivity (Wildman–Crippen MR) is 87.1 cm³/mol. The maximum Gasteiger partial charge on any atom is 0.226 e. The Morgan fingerprint density at radius 1 is 1.23 bits per heavy atom. The molecule has 4 nitrogen and oxygen atoms in total. The molecule has 0 aromatic heterocycles. The van der Waals surface area contributed by atoms with Gasteiger partial charge in [0.2, 0.25) is 5.91 Å². The molecule has 0 saturated heterocycles. The number of hydrogen-bond acceptors (Lipinski definition) is 3. The van der Waals surface area contributed by atoms with Crippen LogP contribution in [-0.2, 0) is 11.2 Å². The Morgan fingerprint density at radius 2 is 2.00 bits per heavy atom. The minimum absolute atomic E-state index is 0.0133. The number of anilines is 1. The molecule has 0 spiro atoms. The molecular formula is C18H20N2O2. The Bertz CT molecular complexity index is 652. The highest BCUT2D eigenvalue weighted by atomic mass is 16.5. The van der Waals surface area contributed by atoms with E-state index in [1.807, 2.05) is 30.3 Å². The highest BCUT2D eigenvalue weighted by Gasteiger charge is 2.21. The van der Waals surface area contributed by atoms with E-state index in [1.54, 1.807) is 7.11 Å². The van der Waals surface area contributed by atoms with Crippen LogP contribution in [0.4, 0.5) is 5.69 Å². The highest BCUT2D eigenvalue weighted by Crippen LogP contribution is 2.25. The normalized spacial score (nSPS) is 16.7. The fraction of sp³-hybridized carbons (Fsp3) is 0.278. The van der Waals surface area contributed by atoms with Crippen LogP contribution in [0.1, 0.15) is 23.6 Å². The van der Waals surface area contributed by atoms with Crippen molar-refractivity contribution in [1.82, 2.24) is 5.32 Å².